The van der Waals surface area contributed by atoms with Crippen LogP contribution in [0.4, 0.5) is 0 Å². The van der Waals surface area contributed by atoms with Crippen molar-refractivity contribution in [2.45, 2.75) is 225 Å². The first-order chi connectivity index (χ1) is 28.6. The highest BCUT2D eigenvalue weighted by molar-refractivity contribution is 5.70. The number of rotatable bonds is 43. The Morgan fingerprint density at radius 3 is 1.10 bits per heavy atom. The molecule has 1 atom stereocenters. The number of carbonyl (C=O) groups is 2. The number of unbranched alkanes of at least 4 members (excludes halogenated alkanes) is 21. The summed E-state index contributed by atoms with van der Waals surface area (Å²) in [6.45, 7) is 3.99. The Morgan fingerprint density at radius 1 is 0.414 bits per heavy atom. The quantitative estimate of drug-likeness (QED) is 0.0377. The van der Waals surface area contributed by atoms with Crippen molar-refractivity contribution in [3.63, 3.8) is 0 Å². The highest BCUT2D eigenvalue weighted by Crippen LogP contribution is 2.15. The van der Waals surface area contributed by atoms with E-state index in [9.17, 15) is 14.7 Å². The highest BCUT2D eigenvalue weighted by atomic mass is 16.6. The number of allylic oxidation sites excluding steroid dienone is 14. The van der Waals surface area contributed by atoms with E-state index in [2.05, 4.69) is 98.9 Å². The topological polar surface area (TPSA) is 72.8 Å². The van der Waals surface area contributed by atoms with E-state index in [0.717, 1.165) is 70.6 Å². The zero-order chi connectivity index (χ0) is 42.1. The van der Waals surface area contributed by atoms with E-state index in [1.165, 1.54) is 116 Å². The van der Waals surface area contributed by atoms with Crippen molar-refractivity contribution in [1.29, 1.82) is 0 Å². The maximum atomic E-state index is 12.2. The van der Waals surface area contributed by atoms with Gasteiger partial charge in [-0.1, -0.05) is 227 Å². The minimum absolute atomic E-state index is 0.0911. The molecule has 1 unspecified atom stereocenters. The molecule has 0 aromatic heterocycles. The smallest absolute Gasteiger partial charge is 0.306 e. The van der Waals surface area contributed by atoms with E-state index in [4.69, 9.17) is 9.47 Å². The molecule has 0 radical (unpaired) electrons. The maximum Gasteiger partial charge on any atom is 0.306 e. The molecule has 0 aromatic carbocycles. The van der Waals surface area contributed by atoms with Crippen molar-refractivity contribution in [2.75, 3.05) is 13.2 Å². The van der Waals surface area contributed by atoms with Gasteiger partial charge in [0.05, 0.1) is 6.61 Å². The molecule has 0 aliphatic heterocycles. The number of aliphatic hydroxyl groups excluding tert-OH is 1. The van der Waals surface area contributed by atoms with Gasteiger partial charge in [-0.05, 0) is 64.2 Å². The predicted octanol–water partition coefficient (Wildman–Crippen LogP) is 15.9. The van der Waals surface area contributed by atoms with Gasteiger partial charge in [-0.3, -0.25) is 9.59 Å². The van der Waals surface area contributed by atoms with Crippen LogP contribution in [0.15, 0.2) is 85.1 Å². The van der Waals surface area contributed by atoms with Crippen LogP contribution in [0.3, 0.4) is 0 Å². The van der Waals surface area contributed by atoms with Gasteiger partial charge in [-0.2, -0.15) is 0 Å². The van der Waals surface area contributed by atoms with Crippen LogP contribution in [0.25, 0.3) is 0 Å². The fraction of sp³-hybridized carbons (Fsp3) is 0.698. The third-order valence-corrected chi connectivity index (χ3v) is 10.2. The van der Waals surface area contributed by atoms with Crippen LogP contribution in [0.1, 0.15) is 219 Å². The van der Waals surface area contributed by atoms with Crippen LogP contribution in [0.5, 0.6) is 0 Å². The molecule has 0 amide bonds. The first-order valence-electron chi connectivity index (χ1n) is 24.1. The lowest BCUT2D eigenvalue weighted by Crippen LogP contribution is -2.28. The number of ether oxygens (including phenoxy) is 2. The lowest BCUT2D eigenvalue weighted by molar-refractivity contribution is -0.161. The Balaban J connectivity index is 3.63. The lowest BCUT2D eigenvalue weighted by atomic mass is 10.0. The summed E-state index contributed by atoms with van der Waals surface area (Å²) < 4.78 is 10.6. The molecule has 0 heterocycles. The van der Waals surface area contributed by atoms with Gasteiger partial charge in [0.2, 0.25) is 0 Å². The Hall–Kier alpha value is -2.92. The number of hydrogen-bond donors (Lipinski definition) is 1. The van der Waals surface area contributed by atoms with Crippen LogP contribution < -0.4 is 0 Å². The van der Waals surface area contributed by atoms with Crippen molar-refractivity contribution in [3.05, 3.63) is 85.1 Å². The Labute approximate surface area is 358 Å². The van der Waals surface area contributed by atoms with Crippen molar-refractivity contribution < 1.29 is 24.2 Å². The Bertz CT molecular complexity index is 1090. The largest absolute Gasteiger partial charge is 0.462 e. The lowest BCUT2D eigenvalue weighted by Gasteiger charge is -2.15. The third kappa shape index (κ3) is 45.8. The summed E-state index contributed by atoms with van der Waals surface area (Å²) in [5.41, 5.74) is 0. The first kappa shape index (κ1) is 55.1. The molecule has 0 aromatic rings. The average Bonchev–Trinajstić information content (AvgIpc) is 3.23. The van der Waals surface area contributed by atoms with E-state index in [1.807, 2.05) is 0 Å². The second-order valence-corrected chi connectivity index (χ2v) is 15.8. The van der Waals surface area contributed by atoms with Crippen molar-refractivity contribution >= 4 is 11.9 Å². The second kappa shape index (κ2) is 48.4. The number of carbonyl (C=O) groups excluding carboxylic acids is 2. The SMILES string of the molecule is CC/C=C\C/C=C\C/C=C\C/C=C\C/C=C\C/C=C\C/C=C\CCCC(=O)OC(CO)COC(=O)CCCCCCCCCCCCCCCCCCCCCCC. The van der Waals surface area contributed by atoms with Crippen molar-refractivity contribution in [2.24, 2.45) is 0 Å². The van der Waals surface area contributed by atoms with Crippen LogP contribution in [-0.4, -0.2) is 36.4 Å². The highest BCUT2D eigenvalue weighted by Gasteiger charge is 2.16. The molecule has 1 N–H and O–H groups in total. The van der Waals surface area contributed by atoms with E-state index in [0.29, 0.717) is 12.8 Å². The predicted molar refractivity (Wildman–Crippen MR) is 251 cm³/mol. The molecule has 5 nitrogen and oxygen atoms in total. The molecule has 0 bridgehead atoms. The normalized spacial score (nSPS) is 12.9. The Kier molecular flexibility index (Phi) is 46.0. The zero-order valence-electron chi connectivity index (χ0n) is 37.8. The minimum Gasteiger partial charge on any atom is -0.462 e. The van der Waals surface area contributed by atoms with Crippen LogP contribution >= 0.6 is 0 Å². The van der Waals surface area contributed by atoms with Gasteiger partial charge < -0.3 is 14.6 Å². The van der Waals surface area contributed by atoms with Crippen molar-refractivity contribution in [1.82, 2.24) is 0 Å². The summed E-state index contributed by atoms with van der Waals surface area (Å²) in [6, 6.07) is 0. The maximum absolute atomic E-state index is 12.2. The first-order valence-corrected chi connectivity index (χ1v) is 24.1. The standard InChI is InChI=1S/C53H90O5/c1-3-5-7-9-11-13-15-17-19-21-23-25-26-28-30-32-34-36-38-40-42-44-46-48-53(56)58-51(49-54)50-57-52(55)47-45-43-41-39-37-35-33-31-29-27-24-22-20-18-16-14-12-10-8-6-4-2/h5,7,11,13,17,19,23,25,28,30,34,36,40,42,51,54H,3-4,6,8-10,12,14-16,18,20-22,24,26-27,29,31-33,35,37-39,41,43-50H2,1-2H3/b7-5-,13-11-,19-17-,25-23-,30-28-,36-34-,42-40-. The summed E-state index contributed by atoms with van der Waals surface area (Å²) >= 11 is 0. The molecule has 0 saturated carbocycles. The number of hydrogen-bond acceptors (Lipinski definition) is 5. The molecule has 5 heteroatoms. The van der Waals surface area contributed by atoms with Crippen LogP contribution in [-0.2, 0) is 19.1 Å². The summed E-state index contributed by atoms with van der Waals surface area (Å²) in [7, 11) is 0. The summed E-state index contributed by atoms with van der Waals surface area (Å²) in [4.78, 5) is 24.4. The van der Waals surface area contributed by atoms with Gasteiger partial charge in [-0.15, -0.1) is 0 Å². The molecule has 0 aliphatic rings. The molecule has 0 aliphatic carbocycles. The molecule has 0 rings (SSSR count). The summed E-state index contributed by atoms with van der Waals surface area (Å²) in [5.74, 6) is -0.658. The van der Waals surface area contributed by atoms with E-state index < -0.39 is 6.10 Å². The number of aliphatic hydroxyl groups is 1. The molecular formula is C53H90O5. The molecule has 0 saturated heterocycles. The van der Waals surface area contributed by atoms with Crippen molar-refractivity contribution in [3.8, 4) is 0 Å². The second-order valence-electron chi connectivity index (χ2n) is 15.8. The minimum atomic E-state index is -0.806. The fourth-order valence-corrected chi connectivity index (χ4v) is 6.60. The fourth-order valence-electron chi connectivity index (χ4n) is 6.60. The number of esters is 2. The van der Waals surface area contributed by atoms with Gasteiger partial charge in [0.25, 0.3) is 0 Å². The summed E-state index contributed by atoms with van der Waals surface area (Å²) in [6.07, 6.45) is 66.7. The molecule has 332 valence electrons. The van der Waals surface area contributed by atoms with E-state index in [1.54, 1.807) is 0 Å². The summed E-state index contributed by atoms with van der Waals surface area (Å²) in [5, 5.41) is 9.60. The molecule has 0 fully saturated rings. The van der Waals surface area contributed by atoms with Crippen LogP contribution in [0.2, 0.25) is 0 Å². The molecule has 58 heavy (non-hydrogen) atoms. The third-order valence-electron chi connectivity index (χ3n) is 10.2. The average molecular weight is 807 g/mol. The zero-order valence-corrected chi connectivity index (χ0v) is 37.8. The monoisotopic (exact) mass is 807 g/mol. The Morgan fingerprint density at radius 2 is 0.741 bits per heavy atom. The molecule has 0 spiro atoms. The molecular weight excluding hydrogens is 717 g/mol. The van der Waals surface area contributed by atoms with Crippen LogP contribution in [0, 0.1) is 0 Å². The van der Waals surface area contributed by atoms with E-state index >= 15 is 0 Å². The van der Waals surface area contributed by atoms with Gasteiger partial charge in [0, 0.05) is 12.8 Å². The van der Waals surface area contributed by atoms with E-state index in [-0.39, 0.29) is 31.6 Å². The van der Waals surface area contributed by atoms with Gasteiger partial charge >= 0.3 is 11.9 Å². The van der Waals surface area contributed by atoms with Gasteiger partial charge in [-0.25, -0.2) is 0 Å². The van der Waals surface area contributed by atoms with Gasteiger partial charge in [0.1, 0.15) is 6.61 Å². The van der Waals surface area contributed by atoms with Gasteiger partial charge in [0.15, 0.2) is 6.10 Å².